The highest BCUT2D eigenvalue weighted by Gasteiger charge is 2.32. The fraction of sp³-hybridized carbons (Fsp3) is 0.600. The van der Waals surface area contributed by atoms with Gasteiger partial charge in [-0.25, -0.2) is 0 Å². The van der Waals surface area contributed by atoms with Crippen molar-refractivity contribution in [2.24, 2.45) is 11.7 Å². The minimum absolute atomic E-state index is 0.0157. The zero-order valence-corrected chi connectivity index (χ0v) is 11.7. The summed E-state index contributed by atoms with van der Waals surface area (Å²) in [4.78, 5) is 0. The Morgan fingerprint density at radius 3 is 2.67 bits per heavy atom. The summed E-state index contributed by atoms with van der Waals surface area (Å²) in [7, 11) is 1.71. The van der Waals surface area contributed by atoms with Gasteiger partial charge in [-0.1, -0.05) is 6.07 Å². The van der Waals surface area contributed by atoms with Gasteiger partial charge in [0.15, 0.2) is 0 Å². The lowest BCUT2D eigenvalue weighted by molar-refractivity contribution is 0.0992. The average Bonchev–Trinajstić information content (AvgIpc) is 2.73. The van der Waals surface area contributed by atoms with Crippen molar-refractivity contribution in [3.63, 3.8) is 0 Å². The molecule has 1 aliphatic heterocycles. The molecule has 18 heavy (non-hydrogen) atoms. The molecule has 0 aliphatic carbocycles. The van der Waals surface area contributed by atoms with Crippen LogP contribution < -0.4 is 10.5 Å². The number of rotatable bonds is 3. The second kappa shape index (κ2) is 5.29. The molecule has 0 bridgehead atoms. The van der Waals surface area contributed by atoms with E-state index in [1.807, 2.05) is 0 Å². The molecule has 3 unspecified atom stereocenters. The first-order valence-electron chi connectivity index (χ1n) is 6.57. The monoisotopic (exact) mass is 249 g/mol. The Labute approximate surface area is 109 Å². The van der Waals surface area contributed by atoms with Gasteiger partial charge in [0.25, 0.3) is 0 Å². The van der Waals surface area contributed by atoms with E-state index in [-0.39, 0.29) is 12.1 Å². The van der Waals surface area contributed by atoms with Gasteiger partial charge in [0.2, 0.25) is 0 Å². The average molecular weight is 249 g/mol. The van der Waals surface area contributed by atoms with Crippen LogP contribution in [-0.2, 0) is 4.74 Å². The van der Waals surface area contributed by atoms with E-state index in [9.17, 15) is 0 Å². The van der Waals surface area contributed by atoms with E-state index in [2.05, 4.69) is 32.9 Å². The van der Waals surface area contributed by atoms with Crippen LogP contribution >= 0.6 is 0 Å². The summed E-state index contributed by atoms with van der Waals surface area (Å²) in [5.74, 6) is 1.28. The van der Waals surface area contributed by atoms with Crippen LogP contribution in [0.3, 0.4) is 0 Å². The molecular formula is C15H23NO2. The maximum Gasteiger partial charge on any atom is 0.124 e. The third-order valence-electron chi connectivity index (χ3n) is 3.94. The molecule has 3 nitrogen and oxygen atoms in total. The minimum Gasteiger partial charge on any atom is -0.496 e. The zero-order chi connectivity index (χ0) is 13.3. The van der Waals surface area contributed by atoms with Crippen molar-refractivity contribution in [1.82, 2.24) is 0 Å². The Kier molecular flexibility index (Phi) is 3.93. The Hall–Kier alpha value is -1.06. The first-order chi connectivity index (χ1) is 8.54. The molecule has 1 saturated heterocycles. The van der Waals surface area contributed by atoms with E-state index < -0.39 is 0 Å². The number of methoxy groups -OCH3 is 1. The van der Waals surface area contributed by atoms with Crippen molar-refractivity contribution in [1.29, 1.82) is 0 Å². The largest absolute Gasteiger partial charge is 0.496 e. The van der Waals surface area contributed by atoms with Crippen LogP contribution in [0.15, 0.2) is 12.1 Å². The van der Waals surface area contributed by atoms with Crippen molar-refractivity contribution in [2.45, 2.75) is 39.3 Å². The number of hydrogen-bond acceptors (Lipinski definition) is 3. The van der Waals surface area contributed by atoms with Gasteiger partial charge in [-0.3, -0.25) is 0 Å². The van der Waals surface area contributed by atoms with Gasteiger partial charge in [-0.2, -0.15) is 0 Å². The second-order valence-corrected chi connectivity index (χ2v) is 5.25. The molecule has 2 N–H and O–H groups in total. The molecule has 3 heteroatoms. The molecule has 1 aliphatic rings. The van der Waals surface area contributed by atoms with E-state index in [1.165, 1.54) is 11.1 Å². The molecule has 0 saturated carbocycles. The Balaban J connectivity index is 2.37. The van der Waals surface area contributed by atoms with Crippen LogP contribution in [0.25, 0.3) is 0 Å². The normalized spacial score (nSPS) is 25.2. The molecule has 1 aromatic carbocycles. The van der Waals surface area contributed by atoms with Crippen molar-refractivity contribution >= 4 is 0 Å². The Morgan fingerprint density at radius 2 is 2.11 bits per heavy atom. The summed E-state index contributed by atoms with van der Waals surface area (Å²) in [5, 5.41) is 0. The van der Waals surface area contributed by atoms with Gasteiger partial charge in [0, 0.05) is 24.1 Å². The standard InChI is InChI=1S/C15H23NO2/c1-9-7-10(2)14(13(8-9)17-4)15(16)12-5-6-18-11(12)3/h7-8,11-12,15H,5-6,16H2,1-4H3. The maximum atomic E-state index is 6.46. The summed E-state index contributed by atoms with van der Waals surface area (Å²) >= 11 is 0. The van der Waals surface area contributed by atoms with Gasteiger partial charge in [0.1, 0.15) is 5.75 Å². The van der Waals surface area contributed by atoms with Gasteiger partial charge >= 0.3 is 0 Å². The van der Waals surface area contributed by atoms with Crippen molar-refractivity contribution in [3.05, 3.63) is 28.8 Å². The van der Waals surface area contributed by atoms with Crippen LogP contribution in [0.4, 0.5) is 0 Å². The fourth-order valence-corrected chi connectivity index (χ4v) is 2.97. The number of aryl methyl sites for hydroxylation is 2. The number of nitrogens with two attached hydrogens (primary N) is 1. The summed E-state index contributed by atoms with van der Waals surface area (Å²) in [6.07, 6.45) is 1.25. The quantitative estimate of drug-likeness (QED) is 0.895. The molecule has 3 atom stereocenters. The number of ether oxygens (including phenoxy) is 2. The summed E-state index contributed by atoms with van der Waals surface area (Å²) in [6, 6.07) is 4.21. The van der Waals surface area contributed by atoms with E-state index in [1.54, 1.807) is 7.11 Å². The SMILES string of the molecule is COc1cc(C)cc(C)c1C(N)C1CCOC1C. The number of hydrogen-bond donors (Lipinski definition) is 1. The van der Waals surface area contributed by atoms with Gasteiger partial charge in [-0.15, -0.1) is 0 Å². The summed E-state index contributed by atoms with van der Waals surface area (Å²) in [5.41, 5.74) is 10.00. The van der Waals surface area contributed by atoms with Crippen molar-refractivity contribution < 1.29 is 9.47 Å². The van der Waals surface area contributed by atoms with Crippen LogP contribution in [0, 0.1) is 19.8 Å². The highest BCUT2D eigenvalue weighted by molar-refractivity contribution is 5.45. The smallest absolute Gasteiger partial charge is 0.124 e. The Morgan fingerprint density at radius 1 is 1.39 bits per heavy atom. The van der Waals surface area contributed by atoms with E-state index in [0.29, 0.717) is 5.92 Å². The predicted molar refractivity (Wildman–Crippen MR) is 72.9 cm³/mol. The lowest BCUT2D eigenvalue weighted by Gasteiger charge is -2.26. The minimum atomic E-state index is -0.0157. The first kappa shape index (κ1) is 13.4. The predicted octanol–water partition coefficient (Wildman–Crippen LogP) is 2.74. The van der Waals surface area contributed by atoms with E-state index >= 15 is 0 Å². The highest BCUT2D eigenvalue weighted by Crippen LogP contribution is 2.37. The molecule has 0 spiro atoms. The maximum absolute atomic E-state index is 6.46. The van der Waals surface area contributed by atoms with E-state index in [4.69, 9.17) is 15.2 Å². The lowest BCUT2D eigenvalue weighted by Crippen LogP contribution is -2.27. The fourth-order valence-electron chi connectivity index (χ4n) is 2.97. The summed E-state index contributed by atoms with van der Waals surface area (Å²) in [6.45, 7) is 7.09. The molecular weight excluding hydrogens is 226 g/mol. The van der Waals surface area contributed by atoms with E-state index in [0.717, 1.165) is 24.3 Å². The first-order valence-corrected chi connectivity index (χ1v) is 6.57. The molecule has 100 valence electrons. The molecule has 0 aromatic heterocycles. The van der Waals surface area contributed by atoms with Gasteiger partial charge < -0.3 is 15.2 Å². The lowest BCUT2D eigenvalue weighted by atomic mass is 9.86. The Bertz CT molecular complexity index is 431. The third kappa shape index (κ3) is 2.38. The summed E-state index contributed by atoms with van der Waals surface area (Å²) < 4.78 is 11.1. The molecule has 1 heterocycles. The van der Waals surface area contributed by atoms with Gasteiger partial charge in [-0.05, 0) is 44.4 Å². The highest BCUT2D eigenvalue weighted by atomic mass is 16.5. The van der Waals surface area contributed by atoms with Crippen molar-refractivity contribution in [2.75, 3.05) is 13.7 Å². The molecule has 1 fully saturated rings. The number of benzene rings is 1. The molecule has 1 aromatic rings. The topological polar surface area (TPSA) is 44.5 Å². The van der Waals surface area contributed by atoms with Crippen LogP contribution in [0.2, 0.25) is 0 Å². The van der Waals surface area contributed by atoms with Crippen molar-refractivity contribution in [3.8, 4) is 5.75 Å². The molecule has 0 amide bonds. The second-order valence-electron chi connectivity index (χ2n) is 5.25. The van der Waals surface area contributed by atoms with Crippen LogP contribution in [0.1, 0.15) is 36.1 Å². The molecule has 0 radical (unpaired) electrons. The van der Waals surface area contributed by atoms with Crippen LogP contribution in [0.5, 0.6) is 5.75 Å². The van der Waals surface area contributed by atoms with Crippen LogP contribution in [-0.4, -0.2) is 19.8 Å². The van der Waals surface area contributed by atoms with Gasteiger partial charge in [0.05, 0.1) is 13.2 Å². The molecule has 2 rings (SSSR count). The third-order valence-corrected chi connectivity index (χ3v) is 3.94. The zero-order valence-electron chi connectivity index (χ0n) is 11.7.